The van der Waals surface area contributed by atoms with Crippen LogP contribution in [0.1, 0.15) is 36.6 Å². The Morgan fingerprint density at radius 2 is 1.96 bits per heavy atom. The number of rotatable bonds is 6. The van der Waals surface area contributed by atoms with E-state index in [1.807, 2.05) is 34.5 Å². The molecule has 0 saturated heterocycles. The molecule has 0 unspecified atom stereocenters. The lowest BCUT2D eigenvalue weighted by Crippen LogP contribution is -2.07. The average Bonchev–Trinajstić information content (AvgIpc) is 3.11. The minimum atomic E-state index is 0.288. The van der Waals surface area contributed by atoms with Crippen LogP contribution in [0.25, 0.3) is 0 Å². The Hall–Kier alpha value is -2.34. The number of hydrogen-bond acceptors (Lipinski definition) is 4. The molecule has 1 N–H and O–H groups in total. The van der Waals surface area contributed by atoms with Gasteiger partial charge >= 0.3 is 0 Å². The first-order chi connectivity index (χ1) is 11.6. The molecule has 0 atom stereocenters. The highest BCUT2D eigenvalue weighted by atomic mass is 35.5. The maximum atomic E-state index is 6.62. The molecule has 2 aromatic heterocycles. The van der Waals surface area contributed by atoms with Gasteiger partial charge in [0.2, 0.25) is 5.95 Å². The predicted molar refractivity (Wildman–Crippen MR) is 95.2 cm³/mol. The van der Waals surface area contributed by atoms with E-state index in [-0.39, 0.29) is 5.92 Å². The molecule has 0 aliphatic heterocycles. The van der Waals surface area contributed by atoms with Crippen molar-refractivity contribution in [2.75, 3.05) is 5.32 Å². The Kier molecular flexibility index (Phi) is 4.85. The predicted octanol–water partition coefficient (Wildman–Crippen LogP) is 3.45. The Bertz CT molecular complexity index is 806. The van der Waals surface area contributed by atoms with Crippen molar-refractivity contribution < 1.29 is 0 Å². The van der Waals surface area contributed by atoms with Crippen LogP contribution in [0.5, 0.6) is 0 Å². The van der Waals surface area contributed by atoms with E-state index in [2.05, 4.69) is 41.5 Å². The highest BCUT2D eigenvalue weighted by Gasteiger charge is 2.19. The maximum Gasteiger partial charge on any atom is 0.224 e. The van der Waals surface area contributed by atoms with E-state index < -0.39 is 0 Å². The molecule has 2 heterocycles. The van der Waals surface area contributed by atoms with E-state index in [1.165, 1.54) is 5.56 Å². The van der Waals surface area contributed by atoms with Crippen molar-refractivity contribution in [3.8, 4) is 0 Å². The van der Waals surface area contributed by atoms with Crippen molar-refractivity contribution >= 4 is 17.5 Å². The van der Waals surface area contributed by atoms with Crippen LogP contribution in [0.2, 0.25) is 5.15 Å². The summed E-state index contributed by atoms with van der Waals surface area (Å²) in [6.45, 7) is 5.46. The second-order valence-corrected chi connectivity index (χ2v) is 6.43. The van der Waals surface area contributed by atoms with Gasteiger partial charge in [0.05, 0.1) is 12.2 Å². The molecular formula is C17H21ClN6. The molecule has 0 amide bonds. The van der Waals surface area contributed by atoms with Gasteiger partial charge in [0.25, 0.3) is 0 Å². The number of aryl methyl sites for hydroxylation is 1. The number of halogens is 1. The fourth-order valence-electron chi connectivity index (χ4n) is 2.60. The minimum absolute atomic E-state index is 0.288. The summed E-state index contributed by atoms with van der Waals surface area (Å²) in [7, 11) is 1.89. The standard InChI is InChI=1S/C17H21ClN6/c1-12(2)15-14(9-19-17-21-20-11-23(17)3)16(18)24(22-15)10-13-7-5-4-6-8-13/h4-8,11-12H,9-10H2,1-3H3,(H,19,21). The molecule has 6 nitrogen and oxygen atoms in total. The number of anilines is 1. The lowest BCUT2D eigenvalue weighted by molar-refractivity contribution is 0.658. The molecule has 1 aromatic carbocycles. The smallest absolute Gasteiger partial charge is 0.224 e. The van der Waals surface area contributed by atoms with Crippen LogP contribution >= 0.6 is 11.6 Å². The van der Waals surface area contributed by atoms with Gasteiger partial charge in [-0.15, -0.1) is 10.2 Å². The molecule has 0 saturated carbocycles. The fraction of sp³-hybridized carbons (Fsp3) is 0.353. The van der Waals surface area contributed by atoms with Crippen molar-refractivity contribution in [3.63, 3.8) is 0 Å². The first-order valence-electron chi connectivity index (χ1n) is 7.93. The highest BCUT2D eigenvalue weighted by molar-refractivity contribution is 6.30. The number of hydrogen-bond donors (Lipinski definition) is 1. The minimum Gasteiger partial charge on any atom is -0.350 e. The van der Waals surface area contributed by atoms with Crippen LogP contribution in [0.3, 0.4) is 0 Å². The van der Waals surface area contributed by atoms with Crippen molar-refractivity contribution in [1.82, 2.24) is 24.5 Å². The van der Waals surface area contributed by atoms with Gasteiger partial charge in [-0.2, -0.15) is 5.10 Å². The molecule has 0 bridgehead atoms. The Labute approximate surface area is 146 Å². The third-order valence-electron chi connectivity index (χ3n) is 3.87. The summed E-state index contributed by atoms with van der Waals surface area (Å²) in [6.07, 6.45) is 1.66. The van der Waals surface area contributed by atoms with Gasteiger partial charge in [0.15, 0.2) is 0 Å². The third kappa shape index (κ3) is 3.43. The molecule has 3 rings (SSSR count). The quantitative estimate of drug-likeness (QED) is 0.744. The summed E-state index contributed by atoms with van der Waals surface area (Å²) in [6, 6.07) is 10.2. The van der Waals surface area contributed by atoms with Crippen molar-refractivity contribution in [2.24, 2.45) is 7.05 Å². The van der Waals surface area contributed by atoms with Crippen LogP contribution in [0, 0.1) is 0 Å². The summed E-state index contributed by atoms with van der Waals surface area (Å²) in [5.74, 6) is 0.993. The van der Waals surface area contributed by atoms with E-state index in [0.717, 1.165) is 11.3 Å². The molecule has 0 radical (unpaired) electrons. The van der Waals surface area contributed by atoms with Gasteiger partial charge in [-0.3, -0.25) is 0 Å². The largest absolute Gasteiger partial charge is 0.350 e. The van der Waals surface area contributed by atoms with Crippen LogP contribution in [0.4, 0.5) is 5.95 Å². The topological polar surface area (TPSA) is 60.6 Å². The monoisotopic (exact) mass is 344 g/mol. The van der Waals surface area contributed by atoms with Gasteiger partial charge in [-0.05, 0) is 11.5 Å². The lowest BCUT2D eigenvalue weighted by Gasteiger charge is -2.08. The lowest BCUT2D eigenvalue weighted by atomic mass is 10.1. The van der Waals surface area contributed by atoms with Crippen LogP contribution < -0.4 is 5.32 Å². The van der Waals surface area contributed by atoms with Gasteiger partial charge in [0, 0.05) is 19.2 Å². The van der Waals surface area contributed by atoms with Crippen molar-refractivity contribution in [3.05, 3.63) is 58.6 Å². The van der Waals surface area contributed by atoms with E-state index in [9.17, 15) is 0 Å². The molecule has 126 valence electrons. The Balaban J connectivity index is 1.85. The molecule has 0 aliphatic rings. The maximum absolute atomic E-state index is 6.62. The average molecular weight is 345 g/mol. The first kappa shape index (κ1) is 16.5. The molecule has 0 fully saturated rings. The second kappa shape index (κ2) is 7.05. The fourth-order valence-corrected chi connectivity index (χ4v) is 2.86. The second-order valence-electron chi connectivity index (χ2n) is 6.07. The van der Waals surface area contributed by atoms with Gasteiger partial charge in [-0.25, -0.2) is 4.68 Å². The zero-order valence-corrected chi connectivity index (χ0v) is 14.8. The Morgan fingerprint density at radius 1 is 1.21 bits per heavy atom. The van der Waals surface area contributed by atoms with Crippen LogP contribution in [-0.4, -0.2) is 24.5 Å². The molecule has 0 aliphatic carbocycles. The van der Waals surface area contributed by atoms with Gasteiger partial charge < -0.3 is 9.88 Å². The van der Waals surface area contributed by atoms with Gasteiger partial charge in [0.1, 0.15) is 11.5 Å². The van der Waals surface area contributed by atoms with Gasteiger partial charge in [-0.1, -0.05) is 55.8 Å². The first-order valence-corrected chi connectivity index (χ1v) is 8.31. The number of benzene rings is 1. The van der Waals surface area contributed by atoms with Crippen molar-refractivity contribution in [2.45, 2.75) is 32.9 Å². The summed E-state index contributed by atoms with van der Waals surface area (Å²) in [4.78, 5) is 0. The molecular weight excluding hydrogens is 324 g/mol. The molecule has 7 heteroatoms. The van der Waals surface area contributed by atoms with Crippen LogP contribution in [-0.2, 0) is 20.1 Å². The normalized spacial score (nSPS) is 11.2. The zero-order valence-electron chi connectivity index (χ0n) is 14.1. The van der Waals surface area contributed by atoms with E-state index >= 15 is 0 Å². The highest BCUT2D eigenvalue weighted by Crippen LogP contribution is 2.27. The summed E-state index contributed by atoms with van der Waals surface area (Å²) in [5.41, 5.74) is 3.18. The van der Waals surface area contributed by atoms with E-state index in [0.29, 0.717) is 24.2 Å². The van der Waals surface area contributed by atoms with E-state index in [1.54, 1.807) is 6.33 Å². The summed E-state index contributed by atoms with van der Waals surface area (Å²) >= 11 is 6.62. The number of nitrogens with one attached hydrogen (secondary N) is 1. The van der Waals surface area contributed by atoms with E-state index in [4.69, 9.17) is 16.7 Å². The SMILES string of the molecule is CC(C)c1nn(Cc2ccccc2)c(Cl)c1CNc1nncn1C. The Morgan fingerprint density at radius 3 is 2.58 bits per heavy atom. The molecule has 0 spiro atoms. The third-order valence-corrected chi connectivity index (χ3v) is 4.29. The van der Waals surface area contributed by atoms with Crippen LogP contribution in [0.15, 0.2) is 36.7 Å². The zero-order chi connectivity index (χ0) is 17.1. The summed E-state index contributed by atoms with van der Waals surface area (Å²) < 4.78 is 3.69. The number of aromatic nitrogens is 5. The molecule has 3 aromatic rings. The number of nitrogens with zero attached hydrogens (tertiary/aromatic N) is 5. The molecule has 24 heavy (non-hydrogen) atoms. The van der Waals surface area contributed by atoms with Crippen molar-refractivity contribution in [1.29, 1.82) is 0 Å². The summed E-state index contributed by atoms with van der Waals surface area (Å²) in [5, 5.41) is 16.6.